The normalized spacial score (nSPS) is 10.1. The van der Waals surface area contributed by atoms with Crippen LogP contribution in [-0.2, 0) is 0 Å². The van der Waals surface area contributed by atoms with Crippen molar-refractivity contribution in [2.75, 3.05) is 0 Å². The smallest absolute Gasteiger partial charge is 0.148 e. The van der Waals surface area contributed by atoms with Crippen LogP contribution in [0.25, 0.3) is 0 Å². The van der Waals surface area contributed by atoms with E-state index >= 15 is 0 Å². The van der Waals surface area contributed by atoms with Crippen LogP contribution in [0.1, 0.15) is 0 Å². The van der Waals surface area contributed by atoms with E-state index in [1.165, 1.54) is 0 Å². The molecule has 0 aromatic heterocycles. The highest BCUT2D eigenvalue weighted by Crippen LogP contribution is 2.37. The quantitative estimate of drug-likeness (QED) is 0.878. The Morgan fingerprint density at radius 2 is 1.75 bits per heavy atom. The van der Waals surface area contributed by atoms with Crippen molar-refractivity contribution >= 4 is 27.5 Å². The van der Waals surface area contributed by atoms with Crippen molar-refractivity contribution in [3.63, 3.8) is 0 Å². The standard InChI is InChI=1S/C12H8BrClO2/c13-10-6-9(7-11(14)12(10)15)16-8-4-2-1-3-5-8/h1-7,15H. The monoisotopic (exact) mass is 298 g/mol. The van der Waals surface area contributed by atoms with Gasteiger partial charge >= 0.3 is 0 Å². The molecule has 2 aromatic carbocycles. The number of hydrogen-bond donors (Lipinski definition) is 1. The largest absolute Gasteiger partial charge is 0.505 e. The molecule has 0 aliphatic heterocycles. The minimum absolute atomic E-state index is 0.0158. The molecule has 0 saturated carbocycles. The predicted octanol–water partition coefficient (Wildman–Crippen LogP) is 4.60. The van der Waals surface area contributed by atoms with Crippen molar-refractivity contribution < 1.29 is 9.84 Å². The van der Waals surface area contributed by atoms with Gasteiger partial charge in [0, 0.05) is 6.07 Å². The second-order valence-electron chi connectivity index (χ2n) is 3.15. The number of phenolic OH excluding ortho intramolecular Hbond substituents is 1. The highest BCUT2D eigenvalue weighted by atomic mass is 79.9. The summed E-state index contributed by atoms with van der Waals surface area (Å²) in [6.07, 6.45) is 0. The molecule has 0 atom stereocenters. The van der Waals surface area contributed by atoms with Crippen LogP contribution in [0.3, 0.4) is 0 Å². The van der Waals surface area contributed by atoms with Crippen LogP contribution < -0.4 is 4.74 Å². The fourth-order valence-electron chi connectivity index (χ4n) is 1.23. The van der Waals surface area contributed by atoms with Crippen LogP contribution in [0.4, 0.5) is 0 Å². The molecule has 0 heterocycles. The van der Waals surface area contributed by atoms with Crippen LogP contribution in [0.15, 0.2) is 46.9 Å². The Morgan fingerprint density at radius 1 is 1.06 bits per heavy atom. The predicted molar refractivity (Wildman–Crippen MR) is 67.3 cm³/mol. The fraction of sp³-hybridized carbons (Fsp3) is 0. The van der Waals surface area contributed by atoms with E-state index in [1.54, 1.807) is 12.1 Å². The first-order valence-electron chi connectivity index (χ1n) is 4.58. The van der Waals surface area contributed by atoms with Crippen LogP contribution >= 0.6 is 27.5 Å². The molecular weight excluding hydrogens is 291 g/mol. The molecule has 0 amide bonds. The molecule has 2 aromatic rings. The summed E-state index contributed by atoms with van der Waals surface area (Å²) in [5.74, 6) is 1.30. The average Bonchev–Trinajstić information content (AvgIpc) is 2.27. The van der Waals surface area contributed by atoms with Gasteiger partial charge in [-0.05, 0) is 34.1 Å². The van der Waals surface area contributed by atoms with Gasteiger partial charge in [-0.1, -0.05) is 29.8 Å². The Balaban J connectivity index is 2.29. The number of para-hydroxylation sites is 1. The summed E-state index contributed by atoms with van der Waals surface area (Å²) in [4.78, 5) is 0. The zero-order chi connectivity index (χ0) is 11.5. The zero-order valence-corrected chi connectivity index (χ0v) is 10.5. The van der Waals surface area contributed by atoms with Crippen LogP contribution in [0.2, 0.25) is 5.02 Å². The highest BCUT2D eigenvalue weighted by molar-refractivity contribution is 9.10. The number of phenols is 1. The van der Waals surface area contributed by atoms with Gasteiger partial charge in [-0.15, -0.1) is 0 Å². The first kappa shape index (κ1) is 11.3. The molecule has 0 aliphatic carbocycles. The van der Waals surface area contributed by atoms with Gasteiger partial charge in [-0.25, -0.2) is 0 Å². The SMILES string of the molecule is Oc1c(Cl)cc(Oc2ccccc2)cc1Br. The third-order valence-electron chi connectivity index (χ3n) is 1.97. The van der Waals surface area contributed by atoms with E-state index < -0.39 is 0 Å². The zero-order valence-electron chi connectivity index (χ0n) is 8.15. The first-order chi connectivity index (χ1) is 7.66. The van der Waals surface area contributed by atoms with E-state index in [2.05, 4.69) is 15.9 Å². The van der Waals surface area contributed by atoms with E-state index in [4.69, 9.17) is 16.3 Å². The van der Waals surface area contributed by atoms with E-state index in [0.29, 0.717) is 10.2 Å². The fourth-order valence-corrected chi connectivity index (χ4v) is 1.99. The van der Waals surface area contributed by atoms with Crippen molar-refractivity contribution in [3.8, 4) is 17.2 Å². The van der Waals surface area contributed by atoms with Gasteiger partial charge in [-0.3, -0.25) is 0 Å². The minimum Gasteiger partial charge on any atom is -0.505 e. The number of halogens is 2. The molecule has 0 spiro atoms. The lowest BCUT2D eigenvalue weighted by Crippen LogP contribution is -1.84. The van der Waals surface area contributed by atoms with Crippen molar-refractivity contribution in [3.05, 3.63) is 52.0 Å². The number of aromatic hydroxyl groups is 1. The maximum absolute atomic E-state index is 9.46. The minimum atomic E-state index is 0.0158. The maximum Gasteiger partial charge on any atom is 0.148 e. The molecule has 0 bridgehead atoms. The second-order valence-corrected chi connectivity index (χ2v) is 4.41. The summed E-state index contributed by atoms with van der Waals surface area (Å²) >= 11 is 9.02. The summed E-state index contributed by atoms with van der Waals surface area (Å²) in [6, 6.07) is 12.6. The molecule has 4 heteroatoms. The lowest BCUT2D eigenvalue weighted by Gasteiger charge is -2.07. The number of hydrogen-bond acceptors (Lipinski definition) is 2. The van der Waals surface area contributed by atoms with Crippen molar-refractivity contribution in [2.24, 2.45) is 0 Å². The molecule has 0 radical (unpaired) electrons. The maximum atomic E-state index is 9.46. The van der Waals surface area contributed by atoms with Gasteiger partial charge in [-0.2, -0.15) is 0 Å². The van der Waals surface area contributed by atoms with E-state index in [1.807, 2.05) is 30.3 Å². The number of rotatable bonds is 2. The molecule has 82 valence electrons. The Labute approximate surface area is 107 Å². The summed E-state index contributed by atoms with van der Waals surface area (Å²) in [5.41, 5.74) is 0. The third kappa shape index (κ3) is 2.49. The molecular formula is C12H8BrClO2. The molecule has 2 nitrogen and oxygen atoms in total. The lowest BCUT2D eigenvalue weighted by atomic mass is 10.3. The van der Waals surface area contributed by atoms with Crippen LogP contribution in [0.5, 0.6) is 17.2 Å². The Bertz CT molecular complexity index is 477. The second kappa shape index (κ2) is 4.76. The van der Waals surface area contributed by atoms with Crippen molar-refractivity contribution in [1.82, 2.24) is 0 Å². The summed E-state index contributed by atoms with van der Waals surface area (Å²) in [5, 5.41) is 9.71. The molecule has 0 fully saturated rings. The highest BCUT2D eigenvalue weighted by Gasteiger charge is 2.07. The van der Waals surface area contributed by atoms with E-state index in [9.17, 15) is 5.11 Å². The summed E-state index contributed by atoms with van der Waals surface area (Å²) in [6.45, 7) is 0. The van der Waals surface area contributed by atoms with E-state index in [-0.39, 0.29) is 10.8 Å². The molecule has 2 rings (SSSR count). The molecule has 0 aliphatic rings. The van der Waals surface area contributed by atoms with Crippen molar-refractivity contribution in [2.45, 2.75) is 0 Å². The van der Waals surface area contributed by atoms with Crippen LogP contribution in [0, 0.1) is 0 Å². The van der Waals surface area contributed by atoms with Crippen molar-refractivity contribution in [1.29, 1.82) is 0 Å². The molecule has 0 unspecified atom stereocenters. The van der Waals surface area contributed by atoms with Gasteiger partial charge in [0.05, 0.1) is 9.50 Å². The van der Waals surface area contributed by atoms with Crippen LogP contribution in [-0.4, -0.2) is 5.11 Å². The third-order valence-corrected chi connectivity index (χ3v) is 2.86. The topological polar surface area (TPSA) is 29.5 Å². The number of ether oxygens (including phenoxy) is 1. The van der Waals surface area contributed by atoms with E-state index in [0.717, 1.165) is 5.75 Å². The number of benzene rings is 2. The average molecular weight is 300 g/mol. The van der Waals surface area contributed by atoms with Gasteiger partial charge in [0.2, 0.25) is 0 Å². The first-order valence-corrected chi connectivity index (χ1v) is 5.75. The Morgan fingerprint density at radius 3 is 2.38 bits per heavy atom. The lowest BCUT2D eigenvalue weighted by molar-refractivity contribution is 0.461. The van der Waals surface area contributed by atoms with Gasteiger partial charge < -0.3 is 9.84 Å². The van der Waals surface area contributed by atoms with Gasteiger partial charge in [0.15, 0.2) is 0 Å². The summed E-state index contributed by atoms with van der Waals surface area (Å²) < 4.78 is 6.07. The molecule has 16 heavy (non-hydrogen) atoms. The Kier molecular flexibility index (Phi) is 3.36. The summed E-state index contributed by atoms with van der Waals surface area (Å²) in [7, 11) is 0. The Hall–Kier alpha value is -1.19. The van der Waals surface area contributed by atoms with Gasteiger partial charge in [0.25, 0.3) is 0 Å². The molecule has 0 saturated heterocycles. The van der Waals surface area contributed by atoms with Gasteiger partial charge in [0.1, 0.15) is 17.2 Å². The molecule has 1 N–H and O–H groups in total.